The van der Waals surface area contributed by atoms with Gasteiger partial charge in [-0.05, 0) is 68.7 Å². The number of benzene rings is 2. The van der Waals surface area contributed by atoms with Crippen molar-refractivity contribution in [1.82, 2.24) is 5.06 Å². The maximum atomic E-state index is 11.5. The number of carbonyl (C=O) groups is 2. The second-order valence-corrected chi connectivity index (χ2v) is 9.31. The Hall–Kier alpha value is -3.42. The first-order chi connectivity index (χ1) is 15.9. The molecule has 0 saturated heterocycles. The molecule has 7 nitrogen and oxygen atoms in total. The van der Waals surface area contributed by atoms with Crippen molar-refractivity contribution in [1.29, 1.82) is 0 Å². The van der Waals surface area contributed by atoms with Crippen LogP contribution in [0.4, 0.5) is 0 Å². The topological polar surface area (TPSA) is 85.3 Å². The first-order valence-electron chi connectivity index (χ1n) is 11.0. The summed E-state index contributed by atoms with van der Waals surface area (Å²) in [6, 6.07) is 12.4. The fourth-order valence-corrected chi connectivity index (χ4v) is 3.90. The lowest BCUT2D eigenvalue weighted by Crippen LogP contribution is -2.48. The zero-order valence-electron chi connectivity index (χ0n) is 20.4. The first-order valence-corrected chi connectivity index (χ1v) is 11.0. The number of esters is 2. The molecular weight excluding hydrogens is 434 g/mol. The highest BCUT2D eigenvalue weighted by molar-refractivity contribution is 5.74. The minimum absolute atomic E-state index is 0.276. The highest BCUT2D eigenvalue weighted by atomic mass is 16.5. The Morgan fingerprint density at radius 3 is 1.97 bits per heavy atom. The van der Waals surface area contributed by atoms with Gasteiger partial charge in [0.2, 0.25) is 0 Å². The Bertz CT molecular complexity index is 1130. The Morgan fingerprint density at radius 1 is 0.853 bits per heavy atom. The normalized spacial score (nSPS) is 16.9. The van der Waals surface area contributed by atoms with E-state index in [1.165, 1.54) is 18.9 Å². The van der Waals surface area contributed by atoms with Crippen LogP contribution in [-0.2, 0) is 9.59 Å². The van der Waals surface area contributed by atoms with Crippen LogP contribution in [0.5, 0.6) is 17.2 Å². The zero-order valence-corrected chi connectivity index (χ0v) is 20.4. The number of hydrogen-bond acceptors (Lipinski definition) is 7. The summed E-state index contributed by atoms with van der Waals surface area (Å²) in [6.45, 7) is 10.7. The van der Waals surface area contributed by atoms with Crippen LogP contribution in [0.25, 0.3) is 12.2 Å². The van der Waals surface area contributed by atoms with E-state index in [1.54, 1.807) is 24.3 Å². The highest BCUT2D eigenvalue weighted by Crippen LogP contribution is 2.38. The Kier molecular flexibility index (Phi) is 7.29. The van der Waals surface area contributed by atoms with Crippen molar-refractivity contribution in [3.05, 3.63) is 65.2 Å². The van der Waals surface area contributed by atoms with Crippen LogP contribution in [0, 0.1) is 0 Å². The molecule has 0 spiro atoms. The van der Waals surface area contributed by atoms with Gasteiger partial charge in [0.1, 0.15) is 23.9 Å². The smallest absolute Gasteiger partial charge is 0.308 e. The molecule has 1 aliphatic rings. The van der Waals surface area contributed by atoms with Crippen LogP contribution in [0.3, 0.4) is 0 Å². The largest absolute Gasteiger partial charge is 0.489 e. The Labute approximate surface area is 200 Å². The van der Waals surface area contributed by atoms with E-state index in [9.17, 15) is 14.8 Å². The van der Waals surface area contributed by atoms with E-state index >= 15 is 0 Å². The molecule has 0 fully saturated rings. The molecule has 0 bridgehead atoms. The Balaban J connectivity index is 1.80. The number of nitrogens with zero attached hydrogens (tertiary/aromatic N) is 1. The number of ether oxygens (including phenoxy) is 3. The fraction of sp³-hybridized carbons (Fsp3) is 0.333. The summed E-state index contributed by atoms with van der Waals surface area (Å²) >= 11 is 0. The number of rotatable bonds is 7. The van der Waals surface area contributed by atoms with Crippen LogP contribution in [-0.4, -0.2) is 39.9 Å². The van der Waals surface area contributed by atoms with Crippen LogP contribution in [0.1, 0.15) is 52.7 Å². The van der Waals surface area contributed by atoms with Gasteiger partial charge < -0.3 is 19.4 Å². The molecule has 2 aromatic carbocycles. The van der Waals surface area contributed by atoms with Crippen molar-refractivity contribution in [2.75, 3.05) is 6.61 Å². The van der Waals surface area contributed by atoms with Gasteiger partial charge in [-0.3, -0.25) is 9.59 Å². The Morgan fingerprint density at radius 2 is 1.41 bits per heavy atom. The van der Waals surface area contributed by atoms with E-state index in [1.807, 2.05) is 64.1 Å². The molecule has 0 aromatic heterocycles. The summed E-state index contributed by atoms with van der Waals surface area (Å²) in [4.78, 5) is 22.6. The minimum Gasteiger partial charge on any atom is -0.489 e. The summed E-state index contributed by atoms with van der Waals surface area (Å²) in [5.74, 6) is 0.592. The molecule has 3 rings (SSSR count). The van der Waals surface area contributed by atoms with E-state index in [0.717, 1.165) is 16.7 Å². The van der Waals surface area contributed by atoms with E-state index in [0.29, 0.717) is 17.2 Å². The summed E-state index contributed by atoms with van der Waals surface area (Å²) in [6.07, 6.45) is 5.77. The quantitative estimate of drug-likeness (QED) is 0.258. The number of hydroxylamine groups is 2. The van der Waals surface area contributed by atoms with Gasteiger partial charge in [0.15, 0.2) is 0 Å². The van der Waals surface area contributed by atoms with Gasteiger partial charge in [0.05, 0.1) is 11.1 Å². The van der Waals surface area contributed by atoms with Crippen LogP contribution < -0.4 is 14.2 Å². The molecule has 0 radical (unpaired) electrons. The maximum absolute atomic E-state index is 11.5. The van der Waals surface area contributed by atoms with Crippen LogP contribution >= 0.6 is 0 Å². The molecule has 2 aromatic rings. The van der Waals surface area contributed by atoms with Crippen molar-refractivity contribution in [2.45, 2.75) is 52.6 Å². The lowest BCUT2D eigenvalue weighted by Gasteiger charge is -2.36. The van der Waals surface area contributed by atoms with E-state index in [-0.39, 0.29) is 12.6 Å². The van der Waals surface area contributed by atoms with Crippen molar-refractivity contribution >= 4 is 24.1 Å². The molecule has 1 aliphatic heterocycles. The molecular formula is C27H31NO6. The van der Waals surface area contributed by atoms with Gasteiger partial charge >= 0.3 is 11.9 Å². The minimum atomic E-state index is -0.571. The molecule has 0 amide bonds. The molecule has 0 atom stereocenters. The van der Waals surface area contributed by atoms with Crippen molar-refractivity contribution in [3.8, 4) is 17.2 Å². The van der Waals surface area contributed by atoms with Crippen molar-refractivity contribution < 1.29 is 29.0 Å². The molecule has 0 saturated carbocycles. The summed E-state index contributed by atoms with van der Waals surface area (Å²) in [5.41, 5.74) is 1.56. The third kappa shape index (κ3) is 6.12. The van der Waals surface area contributed by atoms with Crippen molar-refractivity contribution in [3.63, 3.8) is 0 Å². The molecule has 0 aliphatic carbocycles. The van der Waals surface area contributed by atoms with E-state index in [4.69, 9.17) is 14.2 Å². The molecule has 34 heavy (non-hydrogen) atoms. The highest BCUT2D eigenvalue weighted by Gasteiger charge is 2.45. The standard InChI is InChI=1S/C27H31NO6/c1-18(29)33-23-11-9-20(10-12-23)7-8-21-13-24(15-25(14-21)34-19(2)30)32-17-22-16-26(3,4)28(31)27(22,5)6/h7-16,31H,17H2,1-6H3/b8-7+. The van der Waals surface area contributed by atoms with Gasteiger partial charge in [-0.15, -0.1) is 0 Å². The lowest BCUT2D eigenvalue weighted by atomic mass is 9.97. The molecule has 0 unspecified atom stereocenters. The van der Waals surface area contributed by atoms with Gasteiger partial charge in [0.25, 0.3) is 0 Å². The van der Waals surface area contributed by atoms with E-state index in [2.05, 4.69) is 0 Å². The second kappa shape index (κ2) is 9.83. The lowest BCUT2D eigenvalue weighted by molar-refractivity contribution is -0.185. The summed E-state index contributed by atoms with van der Waals surface area (Å²) in [5, 5.41) is 11.8. The maximum Gasteiger partial charge on any atom is 0.308 e. The molecule has 180 valence electrons. The predicted octanol–water partition coefficient (Wildman–Crippen LogP) is 5.27. The third-order valence-electron chi connectivity index (χ3n) is 5.56. The third-order valence-corrected chi connectivity index (χ3v) is 5.56. The predicted molar refractivity (Wildman–Crippen MR) is 130 cm³/mol. The van der Waals surface area contributed by atoms with Crippen LogP contribution in [0.15, 0.2) is 54.1 Å². The van der Waals surface area contributed by atoms with Gasteiger partial charge in [-0.1, -0.05) is 30.4 Å². The van der Waals surface area contributed by atoms with Crippen LogP contribution in [0.2, 0.25) is 0 Å². The average Bonchev–Trinajstić information content (AvgIpc) is 2.89. The van der Waals surface area contributed by atoms with Gasteiger partial charge in [0, 0.05) is 19.9 Å². The van der Waals surface area contributed by atoms with Gasteiger partial charge in [-0.2, -0.15) is 5.06 Å². The molecule has 1 N–H and O–H groups in total. The average molecular weight is 466 g/mol. The summed E-state index contributed by atoms with van der Waals surface area (Å²) < 4.78 is 16.4. The SMILES string of the molecule is CC(=O)Oc1ccc(/C=C/c2cc(OCC3=CC(C)(C)N(O)C3(C)C)cc(OC(C)=O)c2)cc1. The van der Waals surface area contributed by atoms with Crippen molar-refractivity contribution in [2.24, 2.45) is 0 Å². The van der Waals surface area contributed by atoms with E-state index < -0.39 is 17.0 Å². The molecule has 7 heteroatoms. The zero-order chi connectivity index (χ0) is 25.1. The number of carbonyl (C=O) groups excluding carboxylic acids is 2. The molecule has 1 heterocycles. The number of hydrogen-bond donors (Lipinski definition) is 1. The summed E-state index contributed by atoms with van der Waals surface area (Å²) in [7, 11) is 0. The second-order valence-electron chi connectivity index (χ2n) is 9.31. The monoisotopic (exact) mass is 465 g/mol. The van der Waals surface area contributed by atoms with Gasteiger partial charge in [-0.25, -0.2) is 0 Å². The first kappa shape index (κ1) is 25.2. The fourth-order valence-electron chi connectivity index (χ4n) is 3.90.